The molecule has 23 heavy (non-hydrogen) atoms. The number of carbonyl (C=O) groups excluding carboxylic acids is 1. The molecule has 6 nitrogen and oxygen atoms in total. The van der Waals surface area contributed by atoms with Gasteiger partial charge in [-0.1, -0.05) is 25.6 Å². The molecular formula is C16H21N3O3S. The van der Waals surface area contributed by atoms with E-state index in [4.69, 9.17) is 8.83 Å². The number of aryl methyl sites for hydroxylation is 1. The Balaban J connectivity index is 1.57. The Morgan fingerprint density at radius 3 is 2.74 bits per heavy atom. The first kappa shape index (κ1) is 16.1. The van der Waals surface area contributed by atoms with Gasteiger partial charge in [-0.05, 0) is 31.2 Å². The maximum absolute atomic E-state index is 12.4. The first-order valence-electron chi connectivity index (χ1n) is 7.81. The molecule has 2 aromatic rings. The molecular weight excluding hydrogens is 314 g/mol. The second kappa shape index (κ2) is 6.78. The summed E-state index contributed by atoms with van der Waals surface area (Å²) >= 11 is 1.29. The van der Waals surface area contributed by atoms with Gasteiger partial charge < -0.3 is 13.7 Å². The molecule has 124 valence electrons. The van der Waals surface area contributed by atoms with E-state index < -0.39 is 0 Å². The van der Waals surface area contributed by atoms with E-state index in [9.17, 15) is 4.79 Å². The van der Waals surface area contributed by atoms with E-state index in [0.29, 0.717) is 28.7 Å². The number of likely N-dealkylation sites (tertiary alicyclic amines) is 1. The molecule has 1 aliphatic heterocycles. The lowest BCUT2D eigenvalue weighted by atomic mass is 9.92. The lowest BCUT2D eigenvalue weighted by Gasteiger charge is -2.34. The van der Waals surface area contributed by atoms with Crippen molar-refractivity contribution in [3.63, 3.8) is 0 Å². The number of aromatic nitrogens is 2. The number of thioether (sulfide) groups is 1. The first-order chi connectivity index (χ1) is 11.0. The average molecular weight is 335 g/mol. The van der Waals surface area contributed by atoms with Crippen LogP contribution in [0.5, 0.6) is 0 Å². The summed E-state index contributed by atoms with van der Waals surface area (Å²) < 4.78 is 10.8. The minimum Gasteiger partial charge on any atom is -0.469 e. The van der Waals surface area contributed by atoms with Crippen molar-refractivity contribution in [3.05, 3.63) is 18.1 Å². The van der Waals surface area contributed by atoms with E-state index in [1.807, 2.05) is 11.8 Å². The van der Waals surface area contributed by atoms with Gasteiger partial charge in [-0.25, -0.2) is 0 Å². The topological polar surface area (TPSA) is 72.4 Å². The zero-order valence-corrected chi connectivity index (χ0v) is 14.4. The van der Waals surface area contributed by atoms with Crippen LogP contribution in [0.2, 0.25) is 0 Å². The SMILES string of the molecule is Cc1occc1-c1nnc(SCC(=O)N2C[C@H](C)C[C@H](C)C2)o1. The normalized spacial score (nSPS) is 21.6. The van der Waals surface area contributed by atoms with E-state index in [2.05, 4.69) is 24.0 Å². The molecule has 1 aliphatic rings. The van der Waals surface area contributed by atoms with Gasteiger partial charge in [-0.2, -0.15) is 0 Å². The highest BCUT2D eigenvalue weighted by Crippen LogP contribution is 2.27. The average Bonchev–Trinajstić information content (AvgIpc) is 3.12. The van der Waals surface area contributed by atoms with Gasteiger partial charge in [0.05, 0.1) is 17.6 Å². The fraction of sp³-hybridized carbons (Fsp3) is 0.562. The fourth-order valence-electron chi connectivity index (χ4n) is 3.07. The van der Waals surface area contributed by atoms with Crippen LogP contribution in [0.1, 0.15) is 26.0 Å². The number of nitrogens with zero attached hydrogens (tertiary/aromatic N) is 3. The van der Waals surface area contributed by atoms with Gasteiger partial charge in [-0.3, -0.25) is 4.79 Å². The number of carbonyl (C=O) groups is 1. The number of hydrogen-bond acceptors (Lipinski definition) is 6. The van der Waals surface area contributed by atoms with Crippen molar-refractivity contribution in [2.75, 3.05) is 18.8 Å². The van der Waals surface area contributed by atoms with Gasteiger partial charge in [0, 0.05) is 13.1 Å². The number of piperidine rings is 1. The number of hydrogen-bond donors (Lipinski definition) is 0. The standard InChI is InChI=1S/C16H21N3O3S/c1-10-6-11(2)8-19(7-10)14(20)9-23-16-18-17-15(22-16)13-4-5-21-12(13)3/h4-5,10-11H,6-9H2,1-3H3/t10-,11+. The predicted molar refractivity (Wildman–Crippen MR) is 87.0 cm³/mol. The molecule has 1 fully saturated rings. The molecule has 7 heteroatoms. The van der Waals surface area contributed by atoms with Crippen molar-refractivity contribution in [3.8, 4) is 11.5 Å². The molecule has 0 saturated carbocycles. The Bertz CT molecular complexity index is 672. The van der Waals surface area contributed by atoms with Crippen LogP contribution in [0.15, 0.2) is 26.4 Å². The Morgan fingerprint density at radius 1 is 1.35 bits per heavy atom. The Hall–Kier alpha value is -1.76. The third-order valence-corrected chi connectivity index (χ3v) is 4.84. The number of rotatable bonds is 4. The van der Waals surface area contributed by atoms with E-state index in [1.54, 1.807) is 12.3 Å². The van der Waals surface area contributed by atoms with Crippen molar-refractivity contribution < 1.29 is 13.6 Å². The predicted octanol–water partition coefficient (Wildman–Crippen LogP) is 3.23. The Morgan fingerprint density at radius 2 is 2.09 bits per heavy atom. The fourth-order valence-corrected chi connectivity index (χ4v) is 3.73. The molecule has 1 saturated heterocycles. The van der Waals surface area contributed by atoms with Crippen LogP contribution in [0.4, 0.5) is 0 Å². The highest BCUT2D eigenvalue weighted by Gasteiger charge is 2.25. The molecule has 0 N–H and O–H groups in total. The largest absolute Gasteiger partial charge is 0.469 e. The highest BCUT2D eigenvalue weighted by atomic mass is 32.2. The minimum atomic E-state index is 0.132. The molecule has 3 rings (SSSR count). The van der Waals surface area contributed by atoms with Crippen LogP contribution >= 0.6 is 11.8 Å². The van der Waals surface area contributed by atoms with Gasteiger partial charge in [0.2, 0.25) is 5.91 Å². The summed E-state index contributed by atoms with van der Waals surface area (Å²) in [6, 6.07) is 1.79. The Labute approximate surface area is 139 Å². The number of furan rings is 1. The lowest BCUT2D eigenvalue weighted by molar-refractivity contribution is -0.130. The van der Waals surface area contributed by atoms with Crippen molar-refractivity contribution in [1.82, 2.24) is 15.1 Å². The van der Waals surface area contributed by atoms with E-state index >= 15 is 0 Å². The highest BCUT2D eigenvalue weighted by molar-refractivity contribution is 7.99. The van der Waals surface area contributed by atoms with Crippen LogP contribution in [-0.4, -0.2) is 39.8 Å². The third-order valence-electron chi connectivity index (χ3n) is 4.04. The van der Waals surface area contributed by atoms with Crippen molar-refractivity contribution in [1.29, 1.82) is 0 Å². The molecule has 3 heterocycles. The van der Waals surface area contributed by atoms with Gasteiger partial charge in [-0.15, -0.1) is 10.2 Å². The van der Waals surface area contributed by atoms with Crippen LogP contribution in [0.25, 0.3) is 11.5 Å². The molecule has 1 amide bonds. The summed E-state index contributed by atoms with van der Waals surface area (Å²) in [4.78, 5) is 14.3. The zero-order chi connectivity index (χ0) is 16.4. The van der Waals surface area contributed by atoms with E-state index in [1.165, 1.54) is 18.2 Å². The van der Waals surface area contributed by atoms with Crippen molar-refractivity contribution in [2.45, 2.75) is 32.4 Å². The third kappa shape index (κ3) is 3.77. The zero-order valence-electron chi connectivity index (χ0n) is 13.6. The van der Waals surface area contributed by atoms with Crippen LogP contribution in [0.3, 0.4) is 0 Å². The minimum absolute atomic E-state index is 0.132. The lowest BCUT2D eigenvalue weighted by Crippen LogP contribution is -2.43. The van der Waals surface area contributed by atoms with Gasteiger partial charge in [0.15, 0.2) is 0 Å². The van der Waals surface area contributed by atoms with Gasteiger partial charge in [0.1, 0.15) is 5.76 Å². The molecule has 0 aliphatic carbocycles. The maximum Gasteiger partial charge on any atom is 0.277 e. The van der Waals surface area contributed by atoms with Crippen LogP contribution in [-0.2, 0) is 4.79 Å². The Kier molecular flexibility index (Phi) is 4.75. The summed E-state index contributed by atoms with van der Waals surface area (Å²) in [5.74, 6) is 2.74. The van der Waals surface area contributed by atoms with Gasteiger partial charge >= 0.3 is 0 Å². The smallest absolute Gasteiger partial charge is 0.277 e. The monoisotopic (exact) mass is 335 g/mol. The second-order valence-corrected chi connectivity index (χ2v) is 7.22. The van der Waals surface area contributed by atoms with Crippen molar-refractivity contribution >= 4 is 17.7 Å². The maximum atomic E-state index is 12.4. The molecule has 0 unspecified atom stereocenters. The van der Waals surface area contributed by atoms with Crippen LogP contribution < -0.4 is 0 Å². The quantitative estimate of drug-likeness (QED) is 0.799. The van der Waals surface area contributed by atoms with Gasteiger partial charge in [0.25, 0.3) is 11.1 Å². The summed E-state index contributed by atoms with van der Waals surface area (Å²) in [6.45, 7) is 7.91. The van der Waals surface area contributed by atoms with E-state index in [0.717, 1.165) is 24.4 Å². The van der Waals surface area contributed by atoms with Crippen LogP contribution in [0, 0.1) is 18.8 Å². The first-order valence-corrected chi connectivity index (χ1v) is 8.80. The molecule has 2 atom stereocenters. The molecule has 0 bridgehead atoms. The summed E-state index contributed by atoms with van der Waals surface area (Å²) in [5.41, 5.74) is 0.786. The summed E-state index contributed by atoms with van der Waals surface area (Å²) in [6.07, 6.45) is 2.78. The molecule has 0 aromatic carbocycles. The second-order valence-electron chi connectivity index (χ2n) is 6.30. The molecule has 0 spiro atoms. The summed E-state index contributed by atoms with van der Waals surface area (Å²) in [5, 5.41) is 8.42. The molecule has 2 aromatic heterocycles. The molecule has 0 radical (unpaired) electrons. The van der Waals surface area contributed by atoms with Crippen molar-refractivity contribution in [2.24, 2.45) is 11.8 Å². The number of amides is 1. The van der Waals surface area contributed by atoms with E-state index in [-0.39, 0.29) is 5.91 Å². The summed E-state index contributed by atoms with van der Waals surface area (Å²) in [7, 11) is 0.